The van der Waals surface area contributed by atoms with Crippen molar-refractivity contribution in [3.05, 3.63) is 47.1 Å². The molecule has 8 heteroatoms. The minimum absolute atomic E-state index is 0.00931. The predicted molar refractivity (Wildman–Crippen MR) is 96.8 cm³/mol. The first-order chi connectivity index (χ1) is 12.4. The van der Waals surface area contributed by atoms with E-state index >= 15 is 0 Å². The molecule has 2 aromatic rings. The topological polar surface area (TPSA) is 88.6 Å². The van der Waals surface area contributed by atoms with Crippen LogP contribution in [0, 0.1) is 0 Å². The van der Waals surface area contributed by atoms with Gasteiger partial charge < -0.3 is 15.0 Å². The molecule has 0 spiro atoms. The Morgan fingerprint density at radius 3 is 2.85 bits per heavy atom. The Morgan fingerprint density at radius 1 is 1.27 bits per heavy atom. The summed E-state index contributed by atoms with van der Waals surface area (Å²) in [5, 5.41) is 2.86. The number of carbonyl (C=O) groups excluding carboxylic acids is 3. The van der Waals surface area contributed by atoms with Crippen LogP contribution in [-0.2, 0) is 9.59 Å². The molecule has 1 aliphatic heterocycles. The van der Waals surface area contributed by atoms with Crippen molar-refractivity contribution in [3.63, 3.8) is 0 Å². The summed E-state index contributed by atoms with van der Waals surface area (Å²) in [6.07, 6.45) is 0.0408. The molecule has 0 atom stereocenters. The van der Waals surface area contributed by atoms with Gasteiger partial charge in [0, 0.05) is 25.5 Å². The molecule has 0 unspecified atom stereocenters. The number of hydrogen-bond acceptors (Lipinski definition) is 5. The molecule has 3 rings (SSSR count). The molecule has 0 bridgehead atoms. The Bertz CT molecular complexity index is 884. The van der Waals surface area contributed by atoms with Crippen LogP contribution in [-0.4, -0.2) is 36.2 Å². The molecule has 0 radical (unpaired) electrons. The molecule has 1 aliphatic rings. The van der Waals surface area contributed by atoms with Crippen LogP contribution in [0.1, 0.15) is 23.2 Å². The van der Waals surface area contributed by atoms with Crippen LogP contribution in [0.3, 0.4) is 0 Å². The van der Waals surface area contributed by atoms with Crippen molar-refractivity contribution in [1.29, 1.82) is 0 Å². The Hall–Kier alpha value is -2.93. The Labute approximate surface area is 154 Å². The number of amides is 2. The molecule has 0 saturated heterocycles. The number of Topliss-reactive ketones (excluding diaryl/α,β-unsaturated/α-hetero) is 1. The average Bonchev–Trinajstić information content (AvgIpc) is 2.62. The van der Waals surface area contributed by atoms with Gasteiger partial charge in [0.05, 0.1) is 5.69 Å². The van der Waals surface area contributed by atoms with Gasteiger partial charge in [-0.2, -0.15) is 0 Å². The number of anilines is 2. The van der Waals surface area contributed by atoms with E-state index in [1.807, 2.05) is 0 Å². The van der Waals surface area contributed by atoms with Crippen molar-refractivity contribution in [2.75, 3.05) is 23.9 Å². The molecule has 2 amide bonds. The fourth-order valence-corrected chi connectivity index (χ4v) is 2.66. The zero-order chi connectivity index (χ0) is 18.7. The number of likely N-dealkylation sites (N-methyl/N-ethyl adjacent to an activating group) is 1. The highest BCUT2D eigenvalue weighted by atomic mass is 35.5. The zero-order valence-electron chi connectivity index (χ0n) is 14.0. The third-order valence-electron chi connectivity index (χ3n) is 3.93. The molecule has 7 nitrogen and oxygen atoms in total. The molecule has 2 heterocycles. The van der Waals surface area contributed by atoms with Gasteiger partial charge in [0.25, 0.3) is 5.91 Å². The highest BCUT2D eigenvalue weighted by Gasteiger charge is 2.23. The van der Waals surface area contributed by atoms with Crippen molar-refractivity contribution in [2.45, 2.75) is 12.8 Å². The van der Waals surface area contributed by atoms with Gasteiger partial charge in [-0.1, -0.05) is 17.7 Å². The van der Waals surface area contributed by atoms with Crippen LogP contribution in [0.4, 0.5) is 11.5 Å². The standard InChI is InChI=1S/C18H16ClN3O4/c1-22-12-9-11(5-7-14(12)26-10-18(22)25)13(23)6-8-17(24)21-16-4-2-3-15(19)20-16/h2-5,7,9H,6,8,10H2,1H3,(H,20,21,24). The number of carbonyl (C=O) groups is 3. The minimum atomic E-state index is -0.332. The summed E-state index contributed by atoms with van der Waals surface area (Å²) in [4.78, 5) is 41.4. The maximum Gasteiger partial charge on any atom is 0.264 e. The Morgan fingerprint density at radius 2 is 2.08 bits per heavy atom. The molecular formula is C18H16ClN3O4. The highest BCUT2D eigenvalue weighted by Crippen LogP contribution is 2.32. The van der Waals surface area contributed by atoms with Crippen LogP contribution < -0.4 is 15.0 Å². The minimum Gasteiger partial charge on any atom is -0.482 e. The van der Waals surface area contributed by atoms with Gasteiger partial charge in [-0.3, -0.25) is 14.4 Å². The van der Waals surface area contributed by atoms with E-state index in [0.717, 1.165) is 0 Å². The Kier molecular flexibility index (Phi) is 5.18. The number of ether oxygens (including phenoxy) is 1. The van der Waals surface area contributed by atoms with Crippen LogP contribution in [0.5, 0.6) is 5.75 Å². The van der Waals surface area contributed by atoms with E-state index in [-0.39, 0.29) is 42.2 Å². The molecule has 1 aromatic carbocycles. The number of nitrogens with zero attached hydrogens (tertiary/aromatic N) is 2. The van der Waals surface area contributed by atoms with Crippen LogP contribution in [0.25, 0.3) is 0 Å². The summed E-state index contributed by atoms with van der Waals surface area (Å²) in [5.41, 5.74) is 0.960. The summed E-state index contributed by atoms with van der Waals surface area (Å²) in [7, 11) is 1.63. The summed E-state index contributed by atoms with van der Waals surface area (Å²) in [5.74, 6) is 0.167. The maximum absolute atomic E-state index is 12.4. The van der Waals surface area contributed by atoms with Crippen molar-refractivity contribution >= 4 is 40.7 Å². The molecular weight excluding hydrogens is 358 g/mol. The maximum atomic E-state index is 12.4. The number of fused-ring (bicyclic) bond motifs is 1. The van der Waals surface area contributed by atoms with Gasteiger partial charge in [0.2, 0.25) is 5.91 Å². The second-order valence-corrected chi connectivity index (χ2v) is 6.13. The number of nitrogens with one attached hydrogen (secondary N) is 1. The number of ketones is 1. The number of halogens is 1. The average molecular weight is 374 g/mol. The van der Waals surface area contributed by atoms with Crippen molar-refractivity contribution in [2.24, 2.45) is 0 Å². The van der Waals surface area contributed by atoms with Crippen molar-refractivity contribution < 1.29 is 19.1 Å². The lowest BCUT2D eigenvalue weighted by atomic mass is 10.0. The lowest BCUT2D eigenvalue weighted by Gasteiger charge is -2.26. The molecule has 0 fully saturated rings. The van der Waals surface area contributed by atoms with Crippen LogP contribution in [0.15, 0.2) is 36.4 Å². The van der Waals surface area contributed by atoms with Crippen molar-refractivity contribution in [1.82, 2.24) is 4.98 Å². The number of pyridine rings is 1. The fourth-order valence-electron chi connectivity index (χ4n) is 2.50. The normalized spacial score (nSPS) is 13.0. The largest absolute Gasteiger partial charge is 0.482 e. The number of rotatable bonds is 5. The van der Waals surface area contributed by atoms with Gasteiger partial charge in [-0.25, -0.2) is 4.98 Å². The first-order valence-electron chi connectivity index (χ1n) is 7.93. The molecule has 1 N–H and O–H groups in total. The number of benzene rings is 1. The molecule has 134 valence electrons. The van der Waals surface area contributed by atoms with Gasteiger partial charge in [0.1, 0.15) is 16.7 Å². The molecule has 0 aliphatic carbocycles. The van der Waals surface area contributed by atoms with E-state index in [0.29, 0.717) is 22.8 Å². The number of hydrogen-bond donors (Lipinski definition) is 1. The van der Waals surface area contributed by atoms with Gasteiger partial charge in [-0.05, 0) is 30.3 Å². The van der Waals surface area contributed by atoms with E-state index in [9.17, 15) is 14.4 Å². The summed E-state index contributed by atoms with van der Waals surface area (Å²) in [6.45, 7) is -0.0193. The Balaban J connectivity index is 1.62. The second-order valence-electron chi connectivity index (χ2n) is 5.74. The van der Waals surface area contributed by atoms with Crippen LogP contribution >= 0.6 is 11.6 Å². The zero-order valence-corrected chi connectivity index (χ0v) is 14.7. The fraction of sp³-hybridized carbons (Fsp3) is 0.222. The van der Waals surface area contributed by atoms with E-state index < -0.39 is 0 Å². The first-order valence-corrected chi connectivity index (χ1v) is 8.31. The van der Waals surface area contributed by atoms with Gasteiger partial charge in [0.15, 0.2) is 12.4 Å². The van der Waals surface area contributed by atoms with E-state index in [2.05, 4.69) is 10.3 Å². The smallest absolute Gasteiger partial charge is 0.264 e. The summed E-state index contributed by atoms with van der Waals surface area (Å²) < 4.78 is 5.33. The first kappa shape index (κ1) is 17.9. The monoisotopic (exact) mass is 373 g/mol. The second kappa shape index (κ2) is 7.53. The summed E-state index contributed by atoms with van der Waals surface area (Å²) >= 11 is 5.76. The van der Waals surface area contributed by atoms with Gasteiger partial charge >= 0.3 is 0 Å². The lowest BCUT2D eigenvalue weighted by molar-refractivity contribution is -0.121. The molecule has 26 heavy (non-hydrogen) atoms. The lowest BCUT2D eigenvalue weighted by Crippen LogP contribution is -2.35. The van der Waals surface area contributed by atoms with E-state index in [1.165, 1.54) is 4.90 Å². The van der Waals surface area contributed by atoms with E-state index in [1.54, 1.807) is 43.4 Å². The summed E-state index contributed by atoms with van der Waals surface area (Å²) in [6, 6.07) is 9.77. The van der Waals surface area contributed by atoms with Gasteiger partial charge in [-0.15, -0.1) is 0 Å². The van der Waals surface area contributed by atoms with E-state index in [4.69, 9.17) is 16.3 Å². The SMILES string of the molecule is CN1C(=O)COc2ccc(C(=O)CCC(=O)Nc3cccc(Cl)n3)cc21. The van der Waals surface area contributed by atoms with Crippen LogP contribution in [0.2, 0.25) is 5.15 Å². The highest BCUT2D eigenvalue weighted by molar-refractivity contribution is 6.29. The van der Waals surface area contributed by atoms with Crippen molar-refractivity contribution in [3.8, 4) is 5.75 Å². The molecule has 1 aromatic heterocycles. The quantitative estimate of drug-likeness (QED) is 0.643. The number of aromatic nitrogens is 1. The molecule has 0 saturated carbocycles. The third-order valence-corrected chi connectivity index (χ3v) is 4.14. The third kappa shape index (κ3) is 4.00. The predicted octanol–water partition coefficient (Wildman–Crippen LogP) is 2.69.